The molecule has 92 valence electrons. The molecular weight excluding hydrogens is 200 g/mol. The number of allylic oxidation sites excluding steroid dienone is 1. The van der Waals surface area contributed by atoms with E-state index in [0.717, 1.165) is 11.8 Å². The van der Waals surface area contributed by atoms with Crippen LogP contribution in [0.25, 0.3) is 0 Å². The fourth-order valence-electron chi connectivity index (χ4n) is 2.91. The van der Waals surface area contributed by atoms with Crippen LogP contribution in [0.4, 0.5) is 0 Å². The molecule has 0 heterocycles. The van der Waals surface area contributed by atoms with Crippen LogP contribution in [0, 0.1) is 17.3 Å². The van der Waals surface area contributed by atoms with E-state index in [1.54, 1.807) is 0 Å². The zero-order valence-corrected chi connectivity index (χ0v) is 11.2. The molecule has 0 aliphatic heterocycles. The SMILES string of the molecule is CC(C)(C)OOCC1=CC[C@@H]2C[C@H]1C2(C)C. The Kier molecular flexibility index (Phi) is 2.92. The lowest BCUT2D eigenvalue weighted by Crippen LogP contribution is -2.48. The zero-order valence-electron chi connectivity index (χ0n) is 11.2. The van der Waals surface area contributed by atoms with Gasteiger partial charge in [-0.3, -0.25) is 0 Å². The first kappa shape index (κ1) is 12.1. The quantitative estimate of drug-likeness (QED) is 0.413. The topological polar surface area (TPSA) is 18.5 Å². The summed E-state index contributed by atoms with van der Waals surface area (Å²) >= 11 is 0. The van der Waals surface area contributed by atoms with Gasteiger partial charge in [-0.25, -0.2) is 9.78 Å². The highest BCUT2D eigenvalue weighted by Gasteiger charge is 2.51. The van der Waals surface area contributed by atoms with Crippen molar-refractivity contribution in [2.24, 2.45) is 17.3 Å². The molecule has 0 N–H and O–H groups in total. The van der Waals surface area contributed by atoms with Gasteiger partial charge in [-0.1, -0.05) is 19.9 Å². The van der Waals surface area contributed by atoms with Crippen molar-refractivity contribution in [3.05, 3.63) is 11.6 Å². The van der Waals surface area contributed by atoms with Crippen LogP contribution in [-0.4, -0.2) is 12.2 Å². The van der Waals surface area contributed by atoms with Gasteiger partial charge < -0.3 is 0 Å². The number of rotatable bonds is 3. The lowest BCUT2D eigenvalue weighted by molar-refractivity contribution is -0.344. The zero-order chi connectivity index (χ0) is 12.0. The fraction of sp³-hybridized carbons (Fsp3) is 0.857. The summed E-state index contributed by atoms with van der Waals surface area (Å²) in [7, 11) is 0. The van der Waals surface area contributed by atoms with Gasteiger partial charge in [0.05, 0.1) is 5.60 Å². The smallest absolute Gasteiger partial charge is 0.104 e. The van der Waals surface area contributed by atoms with Gasteiger partial charge in [0.2, 0.25) is 0 Å². The Balaban J connectivity index is 1.85. The minimum atomic E-state index is -0.215. The minimum absolute atomic E-state index is 0.215. The number of fused-ring (bicyclic) bond motifs is 1. The summed E-state index contributed by atoms with van der Waals surface area (Å²) in [5.74, 6) is 1.61. The van der Waals surface area contributed by atoms with Gasteiger partial charge in [0, 0.05) is 0 Å². The van der Waals surface area contributed by atoms with E-state index >= 15 is 0 Å². The second kappa shape index (κ2) is 3.85. The third-order valence-electron chi connectivity index (χ3n) is 4.12. The second-order valence-electron chi connectivity index (χ2n) is 6.78. The van der Waals surface area contributed by atoms with E-state index in [2.05, 4.69) is 19.9 Å². The van der Waals surface area contributed by atoms with Crippen LogP contribution in [0.15, 0.2) is 11.6 Å². The molecule has 0 aromatic heterocycles. The first-order valence-electron chi connectivity index (χ1n) is 6.30. The molecule has 0 radical (unpaired) electrons. The van der Waals surface area contributed by atoms with Crippen molar-refractivity contribution < 1.29 is 9.78 Å². The summed E-state index contributed by atoms with van der Waals surface area (Å²) < 4.78 is 0. The predicted molar refractivity (Wildman–Crippen MR) is 64.9 cm³/mol. The average molecular weight is 224 g/mol. The van der Waals surface area contributed by atoms with Gasteiger partial charge in [-0.15, -0.1) is 0 Å². The maximum absolute atomic E-state index is 5.36. The van der Waals surface area contributed by atoms with E-state index in [4.69, 9.17) is 9.78 Å². The van der Waals surface area contributed by atoms with Gasteiger partial charge in [0.1, 0.15) is 6.61 Å². The highest BCUT2D eigenvalue weighted by molar-refractivity contribution is 5.23. The van der Waals surface area contributed by atoms with Crippen LogP contribution >= 0.6 is 0 Å². The van der Waals surface area contributed by atoms with E-state index in [9.17, 15) is 0 Å². The molecule has 0 saturated heterocycles. The summed E-state index contributed by atoms with van der Waals surface area (Å²) in [6, 6.07) is 0. The summed E-state index contributed by atoms with van der Waals surface area (Å²) in [4.78, 5) is 10.7. The van der Waals surface area contributed by atoms with Crippen molar-refractivity contribution in [3.63, 3.8) is 0 Å². The van der Waals surface area contributed by atoms with Gasteiger partial charge in [0.25, 0.3) is 0 Å². The molecule has 3 aliphatic rings. The molecule has 16 heavy (non-hydrogen) atoms. The first-order valence-corrected chi connectivity index (χ1v) is 6.30. The standard InChI is InChI=1S/C14H24O2/c1-13(2,3)16-15-9-10-6-7-11-8-12(10)14(11,4)5/h6,11-12H,7-9H2,1-5H3/t11-,12-/m1/s1. The molecule has 2 nitrogen and oxygen atoms in total. The summed E-state index contributed by atoms with van der Waals surface area (Å²) in [6.45, 7) is 11.4. The normalized spacial score (nSPS) is 31.9. The summed E-state index contributed by atoms with van der Waals surface area (Å²) in [6.07, 6.45) is 4.92. The van der Waals surface area contributed by atoms with Crippen LogP contribution in [0.3, 0.4) is 0 Å². The maximum atomic E-state index is 5.36. The van der Waals surface area contributed by atoms with Crippen molar-refractivity contribution >= 4 is 0 Å². The Bertz CT molecular complexity index is 296. The molecule has 1 saturated carbocycles. The van der Waals surface area contributed by atoms with E-state index in [1.165, 1.54) is 18.4 Å². The lowest BCUT2D eigenvalue weighted by atomic mass is 9.49. The molecular formula is C14H24O2. The van der Waals surface area contributed by atoms with Crippen molar-refractivity contribution in [1.82, 2.24) is 0 Å². The molecule has 0 aromatic rings. The van der Waals surface area contributed by atoms with Crippen molar-refractivity contribution in [1.29, 1.82) is 0 Å². The van der Waals surface area contributed by atoms with Gasteiger partial charge in [-0.2, -0.15) is 0 Å². The largest absolute Gasteiger partial charge is 0.232 e. The maximum Gasteiger partial charge on any atom is 0.104 e. The fourth-order valence-corrected chi connectivity index (χ4v) is 2.91. The van der Waals surface area contributed by atoms with Crippen LogP contribution < -0.4 is 0 Å². The summed E-state index contributed by atoms with van der Waals surface area (Å²) in [5, 5.41) is 0. The molecule has 2 atom stereocenters. The number of hydrogen-bond acceptors (Lipinski definition) is 2. The summed E-state index contributed by atoms with van der Waals surface area (Å²) in [5.41, 5.74) is 1.71. The van der Waals surface area contributed by atoms with Crippen LogP contribution in [0.5, 0.6) is 0 Å². The molecule has 2 heteroatoms. The molecule has 3 aliphatic carbocycles. The predicted octanol–water partition coefficient (Wildman–Crippen LogP) is 3.73. The van der Waals surface area contributed by atoms with E-state index in [1.807, 2.05) is 20.8 Å². The van der Waals surface area contributed by atoms with E-state index in [-0.39, 0.29) is 5.60 Å². The molecule has 0 unspecified atom stereocenters. The average Bonchev–Trinajstić information content (AvgIpc) is 2.15. The monoisotopic (exact) mass is 224 g/mol. The van der Waals surface area contributed by atoms with Crippen molar-refractivity contribution in [2.45, 2.75) is 53.1 Å². The Morgan fingerprint density at radius 2 is 2.06 bits per heavy atom. The number of hydrogen-bond donors (Lipinski definition) is 0. The second-order valence-corrected chi connectivity index (χ2v) is 6.78. The minimum Gasteiger partial charge on any atom is -0.232 e. The van der Waals surface area contributed by atoms with Crippen LogP contribution in [-0.2, 0) is 9.78 Å². The lowest BCUT2D eigenvalue weighted by Gasteiger charge is -2.56. The molecule has 0 spiro atoms. The van der Waals surface area contributed by atoms with Gasteiger partial charge in [-0.05, 0) is 56.4 Å². The third kappa shape index (κ3) is 2.18. The van der Waals surface area contributed by atoms with E-state index in [0.29, 0.717) is 12.0 Å². The van der Waals surface area contributed by atoms with Gasteiger partial charge >= 0.3 is 0 Å². The van der Waals surface area contributed by atoms with Gasteiger partial charge in [0.15, 0.2) is 0 Å². The van der Waals surface area contributed by atoms with Crippen LogP contribution in [0.2, 0.25) is 0 Å². The Labute approximate surface area is 98.9 Å². The Morgan fingerprint density at radius 1 is 1.38 bits per heavy atom. The Hall–Kier alpha value is -0.340. The molecule has 2 bridgehead atoms. The molecule has 3 rings (SSSR count). The molecule has 1 fully saturated rings. The highest BCUT2D eigenvalue weighted by atomic mass is 17.2. The highest BCUT2D eigenvalue weighted by Crippen LogP contribution is 2.59. The first-order chi connectivity index (χ1) is 7.31. The Morgan fingerprint density at radius 3 is 2.56 bits per heavy atom. The van der Waals surface area contributed by atoms with Crippen LogP contribution in [0.1, 0.15) is 47.5 Å². The van der Waals surface area contributed by atoms with Crippen molar-refractivity contribution in [3.8, 4) is 0 Å². The molecule has 0 amide bonds. The molecule has 0 aromatic carbocycles. The van der Waals surface area contributed by atoms with Crippen molar-refractivity contribution in [2.75, 3.05) is 6.61 Å². The third-order valence-corrected chi connectivity index (χ3v) is 4.12. The van der Waals surface area contributed by atoms with E-state index < -0.39 is 0 Å².